The lowest BCUT2D eigenvalue weighted by Crippen LogP contribution is -2.53. The molecule has 0 spiro atoms. The zero-order valence-electron chi connectivity index (χ0n) is 12.7. The highest BCUT2D eigenvalue weighted by Crippen LogP contribution is 2.34. The lowest BCUT2D eigenvalue weighted by molar-refractivity contribution is 0.225. The highest BCUT2D eigenvalue weighted by atomic mass is 16.2. The second-order valence-electron chi connectivity index (χ2n) is 6.08. The minimum absolute atomic E-state index is 0.0120. The van der Waals surface area contributed by atoms with Crippen molar-refractivity contribution in [2.24, 2.45) is 4.99 Å². The second-order valence-corrected chi connectivity index (χ2v) is 6.08. The lowest BCUT2D eigenvalue weighted by atomic mass is 10.2. The highest BCUT2D eigenvalue weighted by molar-refractivity contribution is 6.18. The summed E-state index contributed by atoms with van der Waals surface area (Å²) in [5.74, 6) is 1.61. The zero-order valence-corrected chi connectivity index (χ0v) is 12.7. The molecule has 3 heterocycles. The van der Waals surface area contributed by atoms with Gasteiger partial charge in [-0.1, -0.05) is 0 Å². The topological polar surface area (TPSA) is 53.7 Å². The van der Waals surface area contributed by atoms with Crippen LogP contribution in [-0.4, -0.2) is 44.9 Å². The summed E-state index contributed by atoms with van der Waals surface area (Å²) in [6.07, 6.45) is 1.81. The van der Waals surface area contributed by atoms with Gasteiger partial charge in [-0.3, -0.25) is 14.8 Å². The Balaban J connectivity index is 2.21. The van der Waals surface area contributed by atoms with Crippen molar-refractivity contribution in [3.8, 4) is 0 Å². The monoisotopic (exact) mass is 275 g/mol. The van der Waals surface area contributed by atoms with E-state index in [4.69, 9.17) is 0 Å². The predicted molar refractivity (Wildman–Crippen MR) is 78.3 cm³/mol. The van der Waals surface area contributed by atoms with Crippen LogP contribution in [0.3, 0.4) is 0 Å². The van der Waals surface area contributed by atoms with Crippen LogP contribution in [0.4, 0.5) is 10.6 Å². The van der Waals surface area contributed by atoms with E-state index in [1.54, 1.807) is 4.90 Å². The number of hydrogen-bond acceptors (Lipinski definition) is 3. The molecule has 0 aliphatic carbocycles. The molecule has 0 aromatic carbocycles. The molecule has 0 fully saturated rings. The van der Waals surface area contributed by atoms with Crippen molar-refractivity contribution in [1.82, 2.24) is 14.5 Å². The number of nitrogens with zero attached hydrogens (tertiary/aromatic N) is 5. The van der Waals surface area contributed by atoms with Crippen molar-refractivity contribution in [1.29, 1.82) is 0 Å². The van der Waals surface area contributed by atoms with E-state index in [-0.39, 0.29) is 24.2 Å². The first kappa shape index (κ1) is 13.1. The van der Waals surface area contributed by atoms with Crippen LogP contribution < -0.4 is 4.90 Å². The third-order valence-corrected chi connectivity index (χ3v) is 3.76. The van der Waals surface area contributed by atoms with Gasteiger partial charge in [0.15, 0.2) is 5.84 Å². The van der Waals surface area contributed by atoms with Crippen LogP contribution in [0.1, 0.15) is 46.4 Å². The number of amides is 2. The fraction of sp³-hybridized carbons (Fsp3) is 0.643. The molecule has 0 unspecified atom stereocenters. The van der Waals surface area contributed by atoms with Gasteiger partial charge in [0.1, 0.15) is 11.5 Å². The molecule has 0 saturated carbocycles. The smallest absolute Gasteiger partial charge is 0.314 e. The molecule has 0 N–H and O–H groups in total. The number of carbonyl (C=O) groups is 1. The van der Waals surface area contributed by atoms with Gasteiger partial charge in [0, 0.05) is 12.1 Å². The Morgan fingerprint density at radius 3 is 2.55 bits per heavy atom. The Morgan fingerprint density at radius 1 is 1.25 bits per heavy atom. The molecule has 2 aliphatic rings. The van der Waals surface area contributed by atoms with Gasteiger partial charge in [0.2, 0.25) is 0 Å². The van der Waals surface area contributed by atoms with Gasteiger partial charge in [-0.25, -0.2) is 9.78 Å². The maximum absolute atomic E-state index is 12.8. The van der Waals surface area contributed by atoms with Crippen molar-refractivity contribution in [3.05, 3.63) is 12.0 Å². The van der Waals surface area contributed by atoms with E-state index in [1.165, 1.54) is 0 Å². The van der Waals surface area contributed by atoms with Gasteiger partial charge in [-0.2, -0.15) is 0 Å². The number of rotatable bonds is 2. The average Bonchev–Trinajstić information content (AvgIpc) is 2.91. The van der Waals surface area contributed by atoms with Gasteiger partial charge in [0.05, 0.1) is 18.9 Å². The third kappa shape index (κ3) is 1.67. The van der Waals surface area contributed by atoms with Gasteiger partial charge in [-0.15, -0.1) is 0 Å². The number of aliphatic imine (C=N–C) groups is 1. The molecular weight excluding hydrogens is 254 g/mol. The van der Waals surface area contributed by atoms with E-state index < -0.39 is 0 Å². The largest absolute Gasteiger partial charge is 0.331 e. The zero-order chi connectivity index (χ0) is 14.6. The number of fused-ring (bicyclic) bond motifs is 3. The molecule has 108 valence electrons. The van der Waals surface area contributed by atoms with Crippen LogP contribution in [0.5, 0.6) is 0 Å². The van der Waals surface area contributed by atoms with E-state index >= 15 is 0 Å². The second kappa shape index (κ2) is 4.33. The number of aromatic nitrogens is 2. The summed E-state index contributed by atoms with van der Waals surface area (Å²) in [5.41, 5.74) is 0.830. The molecule has 1 aromatic heterocycles. The normalized spacial score (nSPS) is 21.6. The number of urea groups is 1. The fourth-order valence-electron chi connectivity index (χ4n) is 2.84. The lowest BCUT2D eigenvalue weighted by Gasteiger charge is -2.36. The third-order valence-electron chi connectivity index (χ3n) is 3.76. The molecule has 0 bridgehead atoms. The number of imidazole rings is 1. The van der Waals surface area contributed by atoms with Gasteiger partial charge in [-0.05, 0) is 34.6 Å². The quantitative estimate of drug-likeness (QED) is 0.831. The van der Waals surface area contributed by atoms with E-state index in [2.05, 4.69) is 28.4 Å². The first-order valence-corrected chi connectivity index (χ1v) is 7.17. The summed E-state index contributed by atoms with van der Waals surface area (Å²) >= 11 is 0. The van der Waals surface area contributed by atoms with Crippen molar-refractivity contribution in [2.45, 2.75) is 52.7 Å². The summed E-state index contributed by atoms with van der Waals surface area (Å²) in [4.78, 5) is 25.5. The number of hydrogen-bond donors (Lipinski definition) is 0. The van der Waals surface area contributed by atoms with Crippen LogP contribution in [0.2, 0.25) is 0 Å². The predicted octanol–water partition coefficient (Wildman–Crippen LogP) is 2.26. The Hall–Kier alpha value is -1.85. The summed E-state index contributed by atoms with van der Waals surface area (Å²) in [6.45, 7) is 10.9. The average molecular weight is 275 g/mol. The standard InChI is InChI=1S/C14H21N5O/c1-8(2)18-7-15-11-12-16-10(5)6-17(12)14(20)19(9(3)4)13(11)18/h7-10H,6H2,1-5H3/t10-/m0/s1. The van der Waals surface area contributed by atoms with Crippen LogP contribution >= 0.6 is 0 Å². The first-order chi connectivity index (χ1) is 9.41. The number of amidine groups is 1. The Labute approximate surface area is 119 Å². The number of anilines is 1. The summed E-state index contributed by atoms with van der Waals surface area (Å²) in [5, 5.41) is 0. The molecule has 2 amide bonds. The molecule has 0 radical (unpaired) electrons. The Bertz CT molecular complexity index is 586. The van der Waals surface area contributed by atoms with E-state index in [0.29, 0.717) is 6.54 Å². The van der Waals surface area contributed by atoms with Gasteiger partial charge in [0.25, 0.3) is 0 Å². The maximum atomic E-state index is 12.8. The van der Waals surface area contributed by atoms with Crippen molar-refractivity contribution in [2.75, 3.05) is 11.4 Å². The first-order valence-electron chi connectivity index (χ1n) is 7.17. The molecule has 2 aliphatic heterocycles. The summed E-state index contributed by atoms with van der Waals surface area (Å²) < 4.78 is 2.05. The molecule has 1 aromatic rings. The van der Waals surface area contributed by atoms with E-state index in [1.807, 2.05) is 32.0 Å². The van der Waals surface area contributed by atoms with Crippen molar-refractivity contribution in [3.63, 3.8) is 0 Å². The molecule has 6 nitrogen and oxygen atoms in total. The minimum atomic E-state index is 0.0120. The molecular formula is C14H21N5O. The highest BCUT2D eigenvalue weighted by Gasteiger charge is 2.43. The van der Waals surface area contributed by atoms with Crippen LogP contribution in [0, 0.1) is 0 Å². The molecule has 6 heteroatoms. The van der Waals surface area contributed by atoms with Crippen LogP contribution in [0.25, 0.3) is 0 Å². The van der Waals surface area contributed by atoms with E-state index in [9.17, 15) is 4.79 Å². The number of carbonyl (C=O) groups excluding carboxylic acids is 1. The van der Waals surface area contributed by atoms with Crippen LogP contribution in [-0.2, 0) is 0 Å². The Kier molecular flexibility index (Phi) is 2.84. The van der Waals surface area contributed by atoms with Gasteiger partial charge < -0.3 is 4.57 Å². The summed E-state index contributed by atoms with van der Waals surface area (Å²) in [6, 6.07) is 0.496. The molecule has 3 rings (SSSR count). The Morgan fingerprint density at radius 2 is 1.95 bits per heavy atom. The van der Waals surface area contributed by atoms with Crippen LogP contribution in [0.15, 0.2) is 11.3 Å². The molecule has 0 saturated heterocycles. The maximum Gasteiger partial charge on any atom is 0.331 e. The SMILES string of the molecule is CC(C)N1C(=O)N2C[C@H](C)N=C2c2ncn(C(C)C)c21. The molecule has 1 atom stereocenters. The van der Waals surface area contributed by atoms with Gasteiger partial charge >= 0.3 is 6.03 Å². The molecule has 20 heavy (non-hydrogen) atoms. The fourth-order valence-corrected chi connectivity index (χ4v) is 2.84. The minimum Gasteiger partial charge on any atom is -0.314 e. The van der Waals surface area contributed by atoms with E-state index in [0.717, 1.165) is 17.3 Å². The summed E-state index contributed by atoms with van der Waals surface area (Å²) in [7, 11) is 0. The van der Waals surface area contributed by atoms with Crippen molar-refractivity contribution >= 4 is 17.7 Å². The van der Waals surface area contributed by atoms with Crippen molar-refractivity contribution < 1.29 is 4.79 Å².